The van der Waals surface area contributed by atoms with E-state index in [2.05, 4.69) is 5.32 Å². The van der Waals surface area contributed by atoms with Crippen molar-refractivity contribution >= 4 is 21.4 Å². The third-order valence-corrected chi connectivity index (χ3v) is 5.99. The number of sulfonamides is 1. The number of nitro benzene ring substituents is 1. The van der Waals surface area contributed by atoms with Gasteiger partial charge in [-0.25, -0.2) is 8.42 Å². The van der Waals surface area contributed by atoms with Gasteiger partial charge in [0.1, 0.15) is 5.69 Å². The molecule has 1 aliphatic heterocycles. The van der Waals surface area contributed by atoms with Crippen molar-refractivity contribution in [3.63, 3.8) is 0 Å². The molecule has 0 aromatic heterocycles. The largest absolute Gasteiger partial charge is 0.383 e. The molecule has 0 spiro atoms. The van der Waals surface area contributed by atoms with Crippen LogP contribution in [0, 0.1) is 10.1 Å². The Kier molecular flexibility index (Phi) is 3.94. The number of nitro groups is 1. The van der Waals surface area contributed by atoms with Crippen LogP contribution in [0.1, 0.15) is 26.7 Å². The molecule has 2 rings (SSSR count). The zero-order valence-electron chi connectivity index (χ0n) is 12.3. The number of nitrogens with zero attached hydrogens (tertiary/aromatic N) is 2. The molecule has 21 heavy (non-hydrogen) atoms. The van der Waals surface area contributed by atoms with Crippen LogP contribution in [0.2, 0.25) is 0 Å². The second-order valence-corrected chi connectivity index (χ2v) is 7.48. The smallest absolute Gasteiger partial charge is 0.312 e. The van der Waals surface area contributed by atoms with Crippen LogP contribution in [0.25, 0.3) is 0 Å². The predicted molar refractivity (Wildman–Crippen MR) is 79.8 cm³/mol. The van der Waals surface area contributed by atoms with Crippen LogP contribution >= 0.6 is 0 Å². The lowest BCUT2D eigenvalue weighted by Crippen LogP contribution is -2.42. The second-order valence-electron chi connectivity index (χ2n) is 5.65. The summed E-state index contributed by atoms with van der Waals surface area (Å²) in [5.74, 6) is 0. The van der Waals surface area contributed by atoms with Crippen molar-refractivity contribution in [3.05, 3.63) is 28.3 Å². The zero-order chi connectivity index (χ0) is 15.8. The maximum absolute atomic E-state index is 12.8. The fraction of sp³-hybridized carbons (Fsp3) is 0.538. The Morgan fingerprint density at radius 1 is 1.38 bits per heavy atom. The number of benzene rings is 1. The molecule has 0 bridgehead atoms. The molecule has 116 valence electrons. The highest BCUT2D eigenvalue weighted by Crippen LogP contribution is 2.39. The molecular weight excluding hydrogens is 294 g/mol. The fourth-order valence-electron chi connectivity index (χ4n) is 2.77. The summed E-state index contributed by atoms with van der Waals surface area (Å²) in [6.07, 6.45) is 1.50. The maximum Gasteiger partial charge on any atom is 0.312 e. The molecule has 1 aromatic carbocycles. The number of para-hydroxylation sites is 1. The standard InChI is InChI=1S/C13H19N3O4S/c1-13(2)8-5-9-15(13)21(19,20)11-7-4-6-10(14-3)12(11)16(17)18/h4,6-7,14H,5,8-9H2,1-3H3. The van der Waals surface area contributed by atoms with Gasteiger partial charge in [0, 0.05) is 19.1 Å². The van der Waals surface area contributed by atoms with Gasteiger partial charge in [0.05, 0.1) is 4.92 Å². The van der Waals surface area contributed by atoms with E-state index in [1.807, 2.05) is 13.8 Å². The number of rotatable bonds is 4. The summed E-state index contributed by atoms with van der Waals surface area (Å²) in [6, 6.07) is 4.30. The number of nitrogens with one attached hydrogen (secondary N) is 1. The summed E-state index contributed by atoms with van der Waals surface area (Å²) < 4.78 is 27.0. The van der Waals surface area contributed by atoms with E-state index in [4.69, 9.17) is 0 Å². The van der Waals surface area contributed by atoms with Crippen LogP contribution in [-0.4, -0.2) is 36.8 Å². The minimum atomic E-state index is -3.90. The van der Waals surface area contributed by atoms with Crippen LogP contribution < -0.4 is 5.32 Å². The van der Waals surface area contributed by atoms with E-state index in [1.165, 1.54) is 29.6 Å². The zero-order valence-corrected chi connectivity index (χ0v) is 13.1. The quantitative estimate of drug-likeness (QED) is 0.679. The van der Waals surface area contributed by atoms with E-state index in [0.717, 1.165) is 12.8 Å². The average Bonchev–Trinajstić information content (AvgIpc) is 2.77. The Bertz CT molecular complexity index is 670. The first-order valence-electron chi connectivity index (χ1n) is 6.70. The highest BCUT2D eigenvalue weighted by Gasteiger charge is 2.43. The van der Waals surface area contributed by atoms with E-state index in [1.54, 1.807) is 0 Å². The number of hydrogen-bond acceptors (Lipinski definition) is 5. The first-order valence-corrected chi connectivity index (χ1v) is 8.14. The Morgan fingerprint density at radius 3 is 2.52 bits per heavy atom. The summed E-state index contributed by atoms with van der Waals surface area (Å²) in [5.41, 5.74) is -0.733. The molecule has 7 nitrogen and oxygen atoms in total. The lowest BCUT2D eigenvalue weighted by molar-refractivity contribution is -0.386. The predicted octanol–water partition coefficient (Wildman–Crippen LogP) is 2.20. The lowest BCUT2D eigenvalue weighted by atomic mass is 10.0. The van der Waals surface area contributed by atoms with Crippen molar-refractivity contribution in [1.82, 2.24) is 4.31 Å². The SMILES string of the molecule is CNc1cccc(S(=O)(=O)N2CCCC2(C)C)c1[N+](=O)[O-]. The molecule has 1 aliphatic rings. The van der Waals surface area contributed by atoms with E-state index < -0.39 is 26.2 Å². The molecule has 1 fully saturated rings. The van der Waals surface area contributed by atoms with Crippen molar-refractivity contribution in [1.29, 1.82) is 0 Å². The van der Waals surface area contributed by atoms with Crippen molar-refractivity contribution in [3.8, 4) is 0 Å². The molecule has 0 unspecified atom stereocenters. The summed E-state index contributed by atoms with van der Waals surface area (Å²) in [5, 5.41) is 14.0. The van der Waals surface area contributed by atoms with Crippen molar-refractivity contribution in [2.75, 3.05) is 18.9 Å². The van der Waals surface area contributed by atoms with Crippen LogP contribution in [0.5, 0.6) is 0 Å². The summed E-state index contributed by atoms with van der Waals surface area (Å²) in [7, 11) is -2.38. The molecule has 1 heterocycles. The first kappa shape index (κ1) is 15.7. The molecule has 1 N–H and O–H groups in total. The van der Waals surface area contributed by atoms with Gasteiger partial charge in [0.2, 0.25) is 10.0 Å². The highest BCUT2D eigenvalue weighted by atomic mass is 32.2. The molecule has 0 radical (unpaired) electrons. The molecule has 1 saturated heterocycles. The molecule has 0 saturated carbocycles. The molecule has 0 aliphatic carbocycles. The number of anilines is 1. The maximum atomic E-state index is 12.8. The monoisotopic (exact) mass is 313 g/mol. The third kappa shape index (κ3) is 2.60. The fourth-order valence-corrected chi connectivity index (χ4v) is 4.80. The Hall–Kier alpha value is -1.67. The van der Waals surface area contributed by atoms with Crippen LogP contribution in [0.4, 0.5) is 11.4 Å². The number of hydrogen-bond donors (Lipinski definition) is 1. The normalized spacial score (nSPS) is 18.6. The third-order valence-electron chi connectivity index (χ3n) is 3.84. The van der Waals surface area contributed by atoms with Crippen LogP contribution in [-0.2, 0) is 10.0 Å². The minimum absolute atomic E-state index is 0.193. The van der Waals surface area contributed by atoms with Crippen LogP contribution in [0.3, 0.4) is 0 Å². The van der Waals surface area contributed by atoms with Crippen molar-refractivity contribution < 1.29 is 13.3 Å². The Balaban J connectivity index is 2.63. The molecule has 8 heteroatoms. The molecule has 1 aromatic rings. The Morgan fingerprint density at radius 2 is 2.05 bits per heavy atom. The minimum Gasteiger partial charge on any atom is -0.383 e. The van der Waals surface area contributed by atoms with Gasteiger partial charge in [0.25, 0.3) is 0 Å². The topological polar surface area (TPSA) is 92.6 Å². The van der Waals surface area contributed by atoms with E-state index in [0.29, 0.717) is 6.54 Å². The molecule has 0 atom stereocenters. The van der Waals surface area contributed by atoms with Gasteiger partial charge in [-0.2, -0.15) is 4.31 Å². The molecule has 0 amide bonds. The van der Waals surface area contributed by atoms with E-state index in [-0.39, 0.29) is 10.6 Å². The van der Waals surface area contributed by atoms with Crippen molar-refractivity contribution in [2.24, 2.45) is 0 Å². The van der Waals surface area contributed by atoms with E-state index >= 15 is 0 Å². The van der Waals surface area contributed by atoms with Gasteiger partial charge in [-0.15, -0.1) is 0 Å². The van der Waals surface area contributed by atoms with Gasteiger partial charge < -0.3 is 5.32 Å². The summed E-state index contributed by atoms with van der Waals surface area (Å²) in [6.45, 7) is 4.06. The lowest BCUT2D eigenvalue weighted by Gasteiger charge is -2.30. The second kappa shape index (κ2) is 5.27. The van der Waals surface area contributed by atoms with Gasteiger partial charge in [0.15, 0.2) is 4.90 Å². The van der Waals surface area contributed by atoms with Gasteiger partial charge in [-0.05, 0) is 38.8 Å². The van der Waals surface area contributed by atoms with Crippen molar-refractivity contribution in [2.45, 2.75) is 37.1 Å². The highest BCUT2D eigenvalue weighted by molar-refractivity contribution is 7.89. The van der Waals surface area contributed by atoms with E-state index in [9.17, 15) is 18.5 Å². The molecular formula is C13H19N3O4S. The first-order chi connectivity index (χ1) is 9.71. The van der Waals surface area contributed by atoms with Gasteiger partial charge >= 0.3 is 5.69 Å². The summed E-state index contributed by atoms with van der Waals surface area (Å²) >= 11 is 0. The summed E-state index contributed by atoms with van der Waals surface area (Å²) in [4.78, 5) is 10.4. The average molecular weight is 313 g/mol. The van der Waals surface area contributed by atoms with Gasteiger partial charge in [-0.3, -0.25) is 10.1 Å². The van der Waals surface area contributed by atoms with Gasteiger partial charge in [-0.1, -0.05) is 6.07 Å². The van der Waals surface area contributed by atoms with Crippen LogP contribution in [0.15, 0.2) is 23.1 Å². The Labute approximate surface area is 124 Å².